The van der Waals surface area contributed by atoms with Gasteiger partial charge in [-0.1, -0.05) is 12.1 Å². The molecule has 0 aromatic carbocycles. The van der Waals surface area contributed by atoms with Crippen molar-refractivity contribution in [1.29, 1.82) is 0 Å². The molecule has 2 unspecified atom stereocenters. The van der Waals surface area contributed by atoms with E-state index < -0.39 is 5.97 Å². The fraction of sp³-hybridized carbons (Fsp3) is 0.500. The third-order valence-electron chi connectivity index (χ3n) is 2.29. The molecule has 0 bridgehead atoms. The highest BCUT2D eigenvalue weighted by molar-refractivity contribution is 5.88. The molecule has 0 saturated heterocycles. The van der Waals surface area contributed by atoms with Crippen LogP contribution in [0.25, 0.3) is 0 Å². The molecule has 4 nitrogen and oxygen atoms in total. The molecule has 1 aliphatic rings. The third-order valence-corrected chi connectivity index (χ3v) is 2.29. The van der Waals surface area contributed by atoms with Crippen LogP contribution in [-0.4, -0.2) is 16.2 Å². The Kier molecular flexibility index (Phi) is 1.43. The van der Waals surface area contributed by atoms with Crippen molar-refractivity contribution in [1.82, 2.24) is 5.16 Å². The van der Waals surface area contributed by atoms with Crippen LogP contribution in [0.5, 0.6) is 0 Å². The zero-order valence-electron chi connectivity index (χ0n) is 6.65. The summed E-state index contributed by atoms with van der Waals surface area (Å²) in [6, 6.07) is 0. The van der Waals surface area contributed by atoms with Gasteiger partial charge in [-0.2, -0.15) is 0 Å². The van der Waals surface area contributed by atoms with E-state index in [4.69, 9.17) is 5.11 Å². The molecule has 12 heavy (non-hydrogen) atoms. The van der Waals surface area contributed by atoms with Gasteiger partial charge in [-0.25, -0.2) is 4.79 Å². The molecule has 1 aromatic heterocycles. The minimum atomic E-state index is -0.953. The van der Waals surface area contributed by atoms with Crippen LogP contribution in [0.15, 0.2) is 10.8 Å². The summed E-state index contributed by atoms with van der Waals surface area (Å²) >= 11 is 0. The Morgan fingerprint density at radius 3 is 3.00 bits per heavy atom. The van der Waals surface area contributed by atoms with Crippen LogP contribution in [0.3, 0.4) is 0 Å². The maximum Gasteiger partial charge on any atom is 0.340 e. The maximum absolute atomic E-state index is 10.6. The summed E-state index contributed by atoms with van der Waals surface area (Å²) in [7, 11) is 0. The van der Waals surface area contributed by atoms with Crippen molar-refractivity contribution in [3.8, 4) is 0 Å². The van der Waals surface area contributed by atoms with Gasteiger partial charge < -0.3 is 9.63 Å². The van der Waals surface area contributed by atoms with E-state index in [2.05, 4.69) is 16.6 Å². The second-order valence-corrected chi connectivity index (χ2v) is 3.24. The zero-order valence-corrected chi connectivity index (χ0v) is 6.65. The van der Waals surface area contributed by atoms with Gasteiger partial charge in [0.25, 0.3) is 0 Å². The number of carboxylic acids is 1. The van der Waals surface area contributed by atoms with Gasteiger partial charge in [-0.3, -0.25) is 0 Å². The molecule has 64 valence electrons. The molecular formula is C8H9NO3. The highest BCUT2D eigenvalue weighted by Crippen LogP contribution is 2.47. The topological polar surface area (TPSA) is 63.3 Å². The number of aromatic carboxylic acids is 1. The Bertz CT molecular complexity index is 318. The normalized spacial score (nSPS) is 27.1. The first-order chi connectivity index (χ1) is 5.70. The lowest BCUT2D eigenvalue weighted by Crippen LogP contribution is -1.98. The first kappa shape index (κ1) is 7.34. The van der Waals surface area contributed by atoms with Gasteiger partial charge in [-0.05, 0) is 12.3 Å². The lowest BCUT2D eigenvalue weighted by atomic mass is 10.1. The van der Waals surface area contributed by atoms with Crippen molar-refractivity contribution in [2.75, 3.05) is 0 Å². The van der Waals surface area contributed by atoms with Crippen LogP contribution < -0.4 is 0 Å². The highest BCUT2D eigenvalue weighted by Gasteiger charge is 2.39. The van der Waals surface area contributed by atoms with Crippen LogP contribution in [0.1, 0.15) is 35.3 Å². The molecule has 1 N–H and O–H groups in total. The van der Waals surface area contributed by atoms with Gasteiger partial charge in [0.2, 0.25) is 0 Å². The van der Waals surface area contributed by atoms with Crippen molar-refractivity contribution in [3.05, 3.63) is 17.5 Å². The van der Waals surface area contributed by atoms with E-state index in [-0.39, 0.29) is 5.56 Å². The van der Waals surface area contributed by atoms with E-state index in [9.17, 15) is 4.79 Å². The van der Waals surface area contributed by atoms with E-state index in [1.807, 2.05) is 0 Å². The van der Waals surface area contributed by atoms with Gasteiger partial charge in [-0.15, -0.1) is 0 Å². The molecule has 2 rings (SSSR count). The SMILES string of the molecule is CC1CC1c1nocc1C(=O)O. The quantitative estimate of drug-likeness (QED) is 0.724. The zero-order chi connectivity index (χ0) is 8.72. The van der Waals surface area contributed by atoms with Gasteiger partial charge >= 0.3 is 5.97 Å². The number of carboxylic acid groups (broad SMARTS) is 1. The molecule has 2 atom stereocenters. The summed E-state index contributed by atoms with van der Waals surface area (Å²) in [4.78, 5) is 10.6. The van der Waals surface area contributed by atoms with Crippen molar-refractivity contribution in [2.45, 2.75) is 19.3 Å². The molecule has 4 heteroatoms. The highest BCUT2D eigenvalue weighted by atomic mass is 16.5. The van der Waals surface area contributed by atoms with Crippen LogP contribution >= 0.6 is 0 Å². The van der Waals surface area contributed by atoms with Crippen LogP contribution in [0.4, 0.5) is 0 Å². The van der Waals surface area contributed by atoms with E-state index in [0.29, 0.717) is 17.5 Å². The van der Waals surface area contributed by atoms with Gasteiger partial charge in [0.15, 0.2) is 0 Å². The first-order valence-electron chi connectivity index (χ1n) is 3.87. The van der Waals surface area contributed by atoms with Crippen LogP contribution in [0, 0.1) is 5.92 Å². The second-order valence-electron chi connectivity index (χ2n) is 3.24. The van der Waals surface area contributed by atoms with Gasteiger partial charge in [0.05, 0.1) is 0 Å². The summed E-state index contributed by atoms with van der Waals surface area (Å²) < 4.78 is 4.63. The predicted molar refractivity (Wildman–Crippen MR) is 40.0 cm³/mol. The molecule has 1 fully saturated rings. The Hall–Kier alpha value is -1.32. The number of carbonyl (C=O) groups is 1. The standard InChI is InChI=1S/C8H9NO3/c1-4-2-5(4)7-6(8(10)11)3-12-9-7/h3-5H,2H2,1H3,(H,10,11). The van der Waals surface area contributed by atoms with Gasteiger partial charge in [0.1, 0.15) is 17.5 Å². The van der Waals surface area contributed by atoms with Gasteiger partial charge in [0, 0.05) is 5.92 Å². The van der Waals surface area contributed by atoms with E-state index >= 15 is 0 Å². The number of aromatic nitrogens is 1. The molecule has 0 radical (unpaired) electrons. The molecule has 1 heterocycles. The van der Waals surface area contributed by atoms with Crippen molar-refractivity contribution in [3.63, 3.8) is 0 Å². The third kappa shape index (κ3) is 0.995. The average molecular weight is 167 g/mol. The molecule has 0 spiro atoms. The molecule has 0 aliphatic heterocycles. The minimum absolute atomic E-state index is 0.212. The number of rotatable bonds is 2. The smallest absolute Gasteiger partial charge is 0.340 e. The van der Waals surface area contributed by atoms with E-state index in [0.717, 1.165) is 6.42 Å². The van der Waals surface area contributed by atoms with Crippen LogP contribution in [0.2, 0.25) is 0 Å². The van der Waals surface area contributed by atoms with Crippen molar-refractivity contribution in [2.24, 2.45) is 5.92 Å². The summed E-state index contributed by atoms with van der Waals surface area (Å²) in [6.07, 6.45) is 2.22. The van der Waals surface area contributed by atoms with Crippen molar-refractivity contribution >= 4 is 5.97 Å². The predicted octanol–water partition coefficient (Wildman–Crippen LogP) is 1.50. The van der Waals surface area contributed by atoms with E-state index in [1.54, 1.807) is 0 Å². The Balaban J connectivity index is 2.31. The fourth-order valence-corrected chi connectivity index (χ4v) is 1.38. The lowest BCUT2D eigenvalue weighted by Gasteiger charge is -1.91. The monoisotopic (exact) mass is 167 g/mol. The summed E-state index contributed by atoms with van der Waals surface area (Å²) in [5, 5.41) is 12.4. The Morgan fingerprint density at radius 1 is 1.83 bits per heavy atom. The molecule has 1 aliphatic carbocycles. The summed E-state index contributed by atoms with van der Waals surface area (Å²) in [5.74, 6) is -0.103. The van der Waals surface area contributed by atoms with Crippen LogP contribution in [-0.2, 0) is 0 Å². The lowest BCUT2D eigenvalue weighted by molar-refractivity contribution is 0.0695. The molecule has 0 amide bonds. The molecule has 1 aromatic rings. The first-order valence-corrected chi connectivity index (χ1v) is 3.87. The Morgan fingerprint density at radius 2 is 2.50 bits per heavy atom. The number of hydrogen-bond acceptors (Lipinski definition) is 3. The largest absolute Gasteiger partial charge is 0.478 e. The second kappa shape index (κ2) is 2.33. The Labute approximate surface area is 69.2 Å². The maximum atomic E-state index is 10.6. The van der Waals surface area contributed by atoms with E-state index in [1.165, 1.54) is 6.26 Å². The summed E-state index contributed by atoms with van der Waals surface area (Å²) in [5.41, 5.74) is 0.819. The minimum Gasteiger partial charge on any atom is -0.478 e. The molecular weight excluding hydrogens is 158 g/mol. The number of nitrogens with zero attached hydrogens (tertiary/aromatic N) is 1. The number of hydrogen-bond donors (Lipinski definition) is 1. The average Bonchev–Trinajstić information content (AvgIpc) is 2.58. The molecule has 1 saturated carbocycles. The fourth-order valence-electron chi connectivity index (χ4n) is 1.38. The van der Waals surface area contributed by atoms with Crippen molar-refractivity contribution < 1.29 is 14.4 Å². The summed E-state index contributed by atoms with van der Waals surface area (Å²) in [6.45, 7) is 2.07.